The Hall–Kier alpha value is -2.97. The number of aromatic nitrogens is 1. The summed E-state index contributed by atoms with van der Waals surface area (Å²) in [6, 6.07) is 5.88. The van der Waals surface area contributed by atoms with Gasteiger partial charge in [-0.3, -0.25) is 4.79 Å². The van der Waals surface area contributed by atoms with Crippen molar-refractivity contribution < 1.29 is 18.7 Å². The van der Waals surface area contributed by atoms with Crippen molar-refractivity contribution in [2.75, 3.05) is 11.4 Å². The number of benzene rings is 2. The predicted molar refractivity (Wildman–Crippen MR) is 106 cm³/mol. The number of nitrogens with zero attached hydrogens (tertiary/aromatic N) is 2. The van der Waals surface area contributed by atoms with Crippen molar-refractivity contribution in [3.8, 4) is 5.69 Å². The number of fused-ring (bicyclic) bond motifs is 1. The van der Waals surface area contributed by atoms with Gasteiger partial charge >= 0.3 is 5.97 Å². The molecule has 29 heavy (non-hydrogen) atoms. The molecule has 0 bridgehead atoms. The molecule has 3 N–H and O–H groups in total. The highest BCUT2D eigenvalue weighted by molar-refractivity contribution is 6.38. The van der Waals surface area contributed by atoms with Crippen LogP contribution in [0.4, 0.5) is 14.5 Å². The lowest BCUT2D eigenvalue weighted by molar-refractivity contribution is 0.0695. The minimum Gasteiger partial charge on any atom is -0.477 e. The van der Waals surface area contributed by atoms with Crippen molar-refractivity contribution in [1.82, 2.24) is 4.57 Å². The zero-order valence-electron chi connectivity index (χ0n) is 15.2. The number of anilines is 1. The summed E-state index contributed by atoms with van der Waals surface area (Å²) < 4.78 is 29.7. The van der Waals surface area contributed by atoms with E-state index in [1.54, 1.807) is 4.90 Å². The topological polar surface area (TPSA) is 88.6 Å². The predicted octanol–water partition coefficient (Wildman–Crippen LogP) is 3.16. The lowest BCUT2D eigenvalue weighted by atomic mass is 9.97. The standard InChI is InChI=1S/C20H16ClF2N3O3/c1-9-15(24)8-25(9)18-14(23)6-12-17(16(18)21)26(7-13(19(12)27)20(28)29)11-4-2-10(22)3-5-11/h2-7,9,15H,8,24H2,1H3,(H,28,29). The van der Waals surface area contributed by atoms with Crippen molar-refractivity contribution in [1.29, 1.82) is 0 Å². The zero-order valence-corrected chi connectivity index (χ0v) is 16.0. The lowest BCUT2D eigenvalue weighted by Gasteiger charge is -2.46. The van der Waals surface area contributed by atoms with Gasteiger partial charge in [0.2, 0.25) is 5.43 Å². The van der Waals surface area contributed by atoms with Crippen LogP contribution in [-0.2, 0) is 0 Å². The first-order valence-corrected chi connectivity index (χ1v) is 9.17. The first-order valence-electron chi connectivity index (χ1n) is 8.79. The highest BCUT2D eigenvalue weighted by atomic mass is 35.5. The molecule has 1 aliphatic rings. The molecule has 1 saturated heterocycles. The van der Waals surface area contributed by atoms with Crippen LogP contribution >= 0.6 is 11.6 Å². The minimum absolute atomic E-state index is 0.0443. The van der Waals surface area contributed by atoms with Gasteiger partial charge in [0.05, 0.1) is 21.6 Å². The number of nitrogens with two attached hydrogens (primary N) is 1. The average molecular weight is 420 g/mol. The Balaban J connectivity index is 2.09. The molecule has 0 saturated carbocycles. The molecule has 4 rings (SSSR count). The van der Waals surface area contributed by atoms with E-state index in [1.165, 1.54) is 28.8 Å². The highest BCUT2D eigenvalue weighted by Gasteiger charge is 2.36. The molecule has 150 valence electrons. The van der Waals surface area contributed by atoms with Crippen molar-refractivity contribution in [2.24, 2.45) is 5.73 Å². The van der Waals surface area contributed by atoms with Gasteiger partial charge in [-0.1, -0.05) is 11.6 Å². The number of aromatic carboxylic acids is 1. The van der Waals surface area contributed by atoms with Gasteiger partial charge < -0.3 is 20.3 Å². The molecule has 2 atom stereocenters. The molecular formula is C20H16ClF2N3O3. The second kappa shape index (κ2) is 6.82. The summed E-state index contributed by atoms with van der Waals surface area (Å²) in [7, 11) is 0. The molecule has 1 fully saturated rings. The Morgan fingerprint density at radius 1 is 1.28 bits per heavy atom. The normalized spacial score (nSPS) is 18.7. The number of hydrogen-bond acceptors (Lipinski definition) is 4. The van der Waals surface area contributed by atoms with Crippen molar-refractivity contribution in [2.45, 2.75) is 19.0 Å². The molecular weight excluding hydrogens is 404 g/mol. The molecule has 2 unspecified atom stereocenters. The van der Waals surface area contributed by atoms with E-state index < -0.39 is 28.6 Å². The van der Waals surface area contributed by atoms with E-state index in [1.807, 2.05) is 6.92 Å². The van der Waals surface area contributed by atoms with Crippen LogP contribution in [0, 0.1) is 11.6 Å². The Morgan fingerprint density at radius 2 is 1.93 bits per heavy atom. The van der Waals surface area contributed by atoms with Crippen LogP contribution in [0.25, 0.3) is 16.6 Å². The third-order valence-electron chi connectivity index (χ3n) is 5.30. The molecule has 1 aromatic heterocycles. The number of carboxylic acids is 1. The van der Waals surface area contributed by atoms with Gasteiger partial charge in [0.15, 0.2) is 0 Å². The Bertz CT molecular complexity index is 1210. The second-order valence-corrected chi connectivity index (χ2v) is 7.38. The fourth-order valence-corrected chi connectivity index (χ4v) is 3.95. The maximum absolute atomic E-state index is 14.9. The van der Waals surface area contributed by atoms with E-state index in [0.717, 1.165) is 12.3 Å². The van der Waals surface area contributed by atoms with E-state index in [4.69, 9.17) is 17.3 Å². The van der Waals surface area contributed by atoms with Crippen LogP contribution < -0.4 is 16.1 Å². The summed E-state index contributed by atoms with van der Waals surface area (Å²) in [6.07, 6.45) is 1.11. The van der Waals surface area contributed by atoms with Gasteiger partial charge in [-0.2, -0.15) is 0 Å². The van der Waals surface area contributed by atoms with E-state index in [9.17, 15) is 23.5 Å². The monoisotopic (exact) mass is 419 g/mol. The molecule has 0 spiro atoms. The van der Waals surface area contributed by atoms with E-state index >= 15 is 0 Å². The first kappa shape index (κ1) is 19.4. The van der Waals surface area contributed by atoms with Gasteiger partial charge in [-0.15, -0.1) is 0 Å². The smallest absolute Gasteiger partial charge is 0.341 e. The molecule has 1 aliphatic heterocycles. The van der Waals surface area contributed by atoms with Gasteiger partial charge in [-0.05, 0) is 37.3 Å². The van der Waals surface area contributed by atoms with E-state index in [2.05, 4.69) is 0 Å². The Kier molecular flexibility index (Phi) is 4.55. The summed E-state index contributed by atoms with van der Waals surface area (Å²) in [5, 5.41) is 9.18. The van der Waals surface area contributed by atoms with Gasteiger partial charge in [0.25, 0.3) is 0 Å². The summed E-state index contributed by atoms with van der Waals surface area (Å²) in [6.45, 7) is 2.21. The van der Waals surface area contributed by atoms with Crippen LogP contribution in [0.5, 0.6) is 0 Å². The Labute approximate surface area is 168 Å². The third-order valence-corrected chi connectivity index (χ3v) is 5.66. The molecule has 2 heterocycles. The van der Waals surface area contributed by atoms with Crippen molar-refractivity contribution in [3.05, 3.63) is 69.0 Å². The second-order valence-electron chi connectivity index (χ2n) is 7.00. The number of hydrogen-bond donors (Lipinski definition) is 2. The number of carboxylic acid groups (broad SMARTS) is 1. The van der Waals surface area contributed by atoms with Gasteiger partial charge in [-0.25, -0.2) is 13.6 Å². The highest BCUT2D eigenvalue weighted by Crippen LogP contribution is 2.39. The molecule has 0 aliphatic carbocycles. The molecule has 0 amide bonds. The van der Waals surface area contributed by atoms with Crippen LogP contribution in [0.15, 0.2) is 41.3 Å². The number of carbonyl (C=O) groups is 1. The van der Waals surface area contributed by atoms with Crippen LogP contribution in [0.3, 0.4) is 0 Å². The average Bonchev–Trinajstić information content (AvgIpc) is 2.68. The Morgan fingerprint density at radius 3 is 2.48 bits per heavy atom. The molecule has 2 aromatic carbocycles. The summed E-state index contributed by atoms with van der Waals surface area (Å²) in [5.41, 5.74) is 5.10. The SMILES string of the molecule is CC1C(N)CN1c1c(F)cc2c(=O)c(C(=O)O)cn(-c3ccc(F)cc3)c2c1Cl. The van der Waals surface area contributed by atoms with Crippen molar-refractivity contribution >= 4 is 34.2 Å². The third kappa shape index (κ3) is 2.95. The van der Waals surface area contributed by atoms with E-state index in [0.29, 0.717) is 12.2 Å². The van der Waals surface area contributed by atoms with Crippen LogP contribution in [0.2, 0.25) is 5.02 Å². The minimum atomic E-state index is -1.46. The summed E-state index contributed by atoms with van der Waals surface area (Å²) >= 11 is 6.55. The first-order chi connectivity index (χ1) is 13.7. The summed E-state index contributed by atoms with van der Waals surface area (Å²) in [4.78, 5) is 25.9. The molecule has 0 radical (unpaired) electrons. The largest absolute Gasteiger partial charge is 0.477 e. The van der Waals surface area contributed by atoms with Crippen molar-refractivity contribution in [3.63, 3.8) is 0 Å². The quantitative estimate of drug-likeness (QED) is 0.680. The number of rotatable bonds is 3. The fourth-order valence-electron chi connectivity index (χ4n) is 3.56. The van der Waals surface area contributed by atoms with E-state index in [-0.39, 0.29) is 33.7 Å². The van der Waals surface area contributed by atoms with Crippen LogP contribution in [0.1, 0.15) is 17.3 Å². The van der Waals surface area contributed by atoms with Gasteiger partial charge in [0.1, 0.15) is 17.2 Å². The summed E-state index contributed by atoms with van der Waals surface area (Å²) in [5.74, 6) is -2.69. The maximum atomic E-state index is 14.9. The molecule has 6 nitrogen and oxygen atoms in total. The number of pyridine rings is 1. The maximum Gasteiger partial charge on any atom is 0.341 e. The van der Waals surface area contributed by atoms with Gasteiger partial charge in [0, 0.05) is 30.5 Å². The fraction of sp³-hybridized carbons (Fsp3) is 0.200. The zero-order chi connectivity index (χ0) is 21.0. The number of halogens is 3. The molecule has 3 aromatic rings. The van der Waals surface area contributed by atoms with Crippen LogP contribution in [-0.4, -0.2) is 34.3 Å². The molecule has 9 heteroatoms. The lowest BCUT2D eigenvalue weighted by Crippen LogP contribution is -2.63.